The van der Waals surface area contributed by atoms with E-state index in [4.69, 9.17) is 5.73 Å². The summed E-state index contributed by atoms with van der Waals surface area (Å²) in [6.07, 6.45) is 4.87. The van der Waals surface area contributed by atoms with Crippen LogP contribution in [0.2, 0.25) is 0 Å². The molecule has 0 amide bonds. The van der Waals surface area contributed by atoms with Gasteiger partial charge in [-0.05, 0) is 43.4 Å². The van der Waals surface area contributed by atoms with Crippen LogP contribution in [0.25, 0.3) is 0 Å². The van der Waals surface area contributed by atoms with Crippen molar-refractivity contribution >= 4 is 17.4 Å². The third-order valence-electron chi connectivity index (χ3n) is 3.98. The quantitative estimate of drug-likeness (QED) is 0.678. The van der Waals surface area contributed by atoms with E-state index in [-0.39, 0.29) is 5.82 Å². The Kier molecular flexibility index (Phi) is 3.14. The van der Waals surface area contributed by atoms with E-state index in [0.29, 0.717) is 29.0 Å². The lowest BCUT2D eigenvalue weighted by atomic mass is 10.2. The van der Waals surface area contributed by atoms with Crippen LogP contribution in [0.5, 0.6) is 0 Å². The smallest absolute Gasteiger partial charge is 0.191 e. The van der Waals surface area contributed by atoms with Crippen LogP contribution in [0, 0.1) is 5.82 Å². The first-order valence-corrected chi connectivity index (χ1v) is 8.32. The SMILES string of the molecule is Nc1ccc(CSc2nnc(C3CC3)n2C2CC2)c(F)c1. The second-order valence-electron chi connectivity index (χ2n) is 5.86. The molecule has 0 aliphatic heterocycles. The zero-order valence-electron chi connectivity index (χ0n) is 11.6. The molecular weight excluding hydrogens is 287 g/mol. The van der Waals surface area contributed by atoms with Crippen molar-refractivity contribution in [1.29, 1.82) is 0 Å². The molecule has 4 rings (SSSR count). The maximum atomic E-state index is 13.8. The summed E-state index contributed by atoms with van der Waals surface area (Å²) in [5.41, 5.74) is 6.69. The summed E-state index contributed by atoms with van der Waals surface area (Å²) in [6.45, 7) is 0. The first-order valence-electron chi connectivity index (χ1n) is 7.34. The summed E-state index contributed by atoms with van der Waals surface area (Å²) < 4.78 is 16.1. The monoisotopic (exact) mass is 304 g/mol. The van der Waals surface area contributed by atoms with E-state index in [1.807, 2.05) is 0 Å². The molecule has 2 saturated carbocycles. The summed E-state index contributed by atoms with van der Waals surface area (Å²) in [7, 11) is 0. The first kappa shape index (κ1) is 13.1. The average Bonchev–Trinajstić information content (AvgIpc) is 3.37. The van der Waals surface area contributed by atoms with Crippen molar-refractivity contribution in [3.8, 4) is 0 Å². The summed E-state index contributed by atoms with van der Waals surface area (Å²) in [5, 5.41) is 9.62. The van der Waals surface area contributed by atoms with Gasteiger partial charge in [-0.3, -0.25) is 0 Å². The van der Waals surface area contributed by atoms with Crippen LogP contribution in [0.1, 0.15) is 49.0 Å². The first-order chi connectivity index (χ1) is 10.2. The number of halogens is 1. The molecule has 6 heteroatoms. The van der Waals surface area contributed by atoms with Crippen LogP contribution < -0.4 is 5.73 Å². The minimum Gasteiger partial charge on any atom is -0.399 e. The molecule has 1 heterocycles. The minimum absolute atomic E-state index is 0.248. The number of nitrogens with two attached hydrogens (primary N) is 1. The van der Waals surface area contributed by atoms with Gasteiger partial charge in [-0.2, -0.15) is 0 Å². The molecule has 1 aromatic carbocycles. The Balaban J connectivity index is 1.54. The van der Waals surface area contributed by atoms with Crippen molar-refractivity contribution in [2.24, 2.45) is 0 Å². The molecule has 0 spiro atoms. The molecule has 2 N–H and O–H groups in total. The van der Waals surface area contributed by atoms with Crippen molar-refractivity contribution < 1.29 is 4.39 Å². The van der Waals surface area contributed by atoms with Gasteiger partial charge in [0.2, 0.25) is 0 Å². The summed E-state index contributed by atoms with van der Waals surface area (Å²) in [4.78, 5) is 0. The fourth-order valence-electron chi connectivity index (χ4n) is 2.51. The average molecular weight is 304 g/mol. The van der Waals surface area contributed by atoms with Crippen LogP contribution in [0.3, 0.4) is 0 Å². The predicted molar refractivity (Wildman–Crippen MR) is 80.6 cm³/mol. The molecule has 2 aliphatic carbocycles. The molecule has 0 atom stereocenters. The number of anilines is 1. The van der Waals surface area contributed by atoms with E-state index in [9.17, 15) is 4.39 Å². The van der Waals surface area contributed by atoms with Crippen molar-refractivity contribution in [2.45, 2.75) is 48.6 Å². The number of nitrogens with zero attached hydrogens (tertiary/aromatic N) is 3. The predicted octanol–water partition coefficient (Wildman–Crippen LogP) is 3.50. The molecule has 110 valence electrons. The highest BCUT2D eigenvalue weighted by molar-refractivity contribution is 7.98. The number of hydrogen-bond acceptors (Lipinski definition) is 4. The Morgan fingerprint density at radius 3 is 2.71 bits per heavy atom. The number of aromatic nitrogens is 3. The van der Waals surface area contributed by atoms with Crippen LogP contribution in [0.15, 0.2) is 23.4 Å². The summed E-state index contributed by atoms with van der Waals surface area (Å²) in [5.74, 6) is 2.04. The van der Waals surface area contributed by atoms with Gasteiger partial charge >= 0.3 is 0 Å². The molecule has 2 aliphatic rings. The minimum atomic E-state index is -0.248. The largest absolute Gasteiger partial charge is 0.399 e. The number of nitrogen functional groups attached to an aromatic ring is 1. The van der Waals surface area contributed by atoms with Gasteiger partial charge in [0.25, 0.3) is 0 Å². The van der Waals surface area contributed by atoms with Gasteiger partial charge in [0.05, 0.1) is 0 Å². The van der Waals surface area contributed by atoms with E-state index < -0.39 is 0 Å². The van der Waals surface area contributed by atoms with Crippen molar-refractivity contribution in [3.05, 3.63) is 35.4 Å². The Bertz CT molecular complexity index is 676. The normalized spacial score (nSPS) is 18.1. The molecule has 4 nitrogen and oxygen atoms in total. The van der Waals surface area contributed by atoms with Gasteiger partial charge in [0.1, 0.15) is 11.6 Å². The Morgan fingerprint density at radius 1 is 1.24 bits per heavy atom. The Hall–Kier alpha value is -1.56. The summed E-state index contributed by atoms with van der Waals surface area (Å²) in [6, 6.07) is 5.42. The van der Waals surface area contributed by atoms with Gasteiger partial charge in [-0.25, -0.2) is 4.39 Å². The van der Waals surface area contributed by atoms with Crippen LogP contribution in [-0.2, 0) is 5.75 Å². The highest BCUT2D eigenvalue weighted by Gasteiger charge is 2.36. The molecular formula is C15H17FN4S. The van der Waals surface area contributed by atoms with Crippen molar-refractivity contribution in [1.82, 2.24) is 14.8 Å². The molecule has 0 unspecified atom stereocenters. The molecule has 2 fully saturated rings. The lowest BCUT2D eigenvalue weighted by molar-refractivity contribution is 0.616. The van der Waals surface area contributed by atoms with Crippen LogP contribution in [-0.4, -0.2) is 14.8 Å². The third kappa shape index (κ3) is 2.64. The molecule has 0 radical (unpaired) electrons. The molecule has 1 aromatic heterocycles. The topological polar surface area (TPSA) is 56.7 Å². The van der Waals surface area contributed by atoms with E-state index in [1.54, 1.807) is 23.9 Å². The third-order valence-corrected chi connectivity index (χ3v) is 4.97. The lowest BCUT2D eigenvalue weighted by Crippen LogP contribution is -2.02. The fraction of sp³-hybridized carbons (Fsp3) is 0.467. The van der Waals surface area contributed by atoms with Crippen LogP contribution >= 0.6 is 11.8 Å². The summed E-state index contributed by atoms with van der Waals surface area (Å²) >= 11 is 1.56. The maximum Gasteiger partial charge on any atom is 0.191 e. The molecule has 0 saturated heterocycles. The van der Waals surface area contributed by atoms with Crippen molar-refractivity contribution in [3.63, 3.8) is 0 Å². The Morgan fingerprint density at radius 2 is 2.05 bits per heavy atom. The second-order valence-corrected chi connectivity index (χ2v) is 6.80. The number of rotatable bonds is 5. The second kappa shape index (κ2) is 5.02. The zero-order chi connectivity index (χ0) is 14.4. The number of hydrogen-bond donors (Lipinski definition) is 1. The van der Waals surface area contributed by atoms with Crippen molar-refractivity contribution in [2.75, 3.05) is 5.73 Å². The zero-order valence-corrected chi connectivity index (χ0v) is 12.4. The van der Waals surface area contributed by atoms with Crippen LogP contribution in [0.4, 0.5) is 10.1 Å². The molecule has 0 bridgehead atoms. The number of benzene rings is 1. The van der Waals surface area contributed by atoms with E-state index in [1.165, 1.54) is 31.7 Å². The van der Waals surface area contributed by atoms with E-state index >= 15 is 0 Å². The fourth-order valence-corrected chi connectivity index (χ4v) is 3.50. The lowest BCUT2D eigenvalue weighted by Gasteiger charge is -2.08. The van der Waals surface area contributed by atoms with Gasteiger partial charge in [-0.1, -0.05) is 17.8 Å². The van der Waals surface area contributed by atoms with Gasteiger partial charge in [-0.15, -0.1) is 10.2 Å². The van der Waals surface area contributed by atoms with Gasteiger partial charge in [0, 0.05) is 23.4 Å². The standard InChI is InChI=1S/C15H17FN4S/c16-13-7-11(17)4-3-10(13)8-21-15-19-18-14(9-1-2-9)20(15)12-5-6-12/h3-4,7,9,12H,1-2,5-6,8,17H2. The maximum absolute atomic E-state index is 13.8. The highest BCUT2D eigenvalue weighted by Crippen LogP contribution is 2.46. The highest BCUT2D eigenvalue weighted by atomic mass is 32.2. The Labute approximate surface area is 126 Å². The van der Waals surface area contributed by atoms with Gasteiger partial charge in [0.15, 0.2) is 5.16 Å². The number of thioether (sulfide) groups is 1. The van der Waals surface area contributed by atoms with E-state index in [0.717, 1.165) is 11.0 Å². The molecule has 2 aromatic rings. The molecule has 21 heavy (non-hydrogen) atoms. The van der Waals surface area contributed by atoms with Gasteiger partial charge < -0.3 is 10.3 Å². The van der Waals surface area contributed by atoms with E-state index in [2.05, 4.69) is 14.8 Å².